The first-order valence-corrected chi connectivity index (χ1v) is 7.86. The van der Waals surface area contributed by atoms with Gasteiger partial charge in [0.15, 0.2) is 0 Å². The highest BCUT2D eigenvalue weighted by molar-refractivity contribution is 7.99. The van der Waals surface area contributed by atoms with E-state index in [1.54, 1.807) is 16.7 Å². The van der Waals surface area contributed by atoms with E-state index in [2.05, 4.69) is 11.1 Å². The zero-order valence-electron chi connectivity index (χ0n) is 11.0. The standard InChI is InChI=1S/C14H15N3O2S/c15-7-10-6-9-2-1-3-11(9)16-13(10)17-4-5-20-8-12(17)14(18)19/h6,12H,1-5,8H2,(H,18,19). The van der Waals surface area contributed by atoms with Gasteiger partial charge < -0.3 is 10.0 Å². The van der Waals surface area contributed by atoms with Gasteiger partial charge in [0.2, 0.25) is 0 Å². The molecule has 5 nitrogen and oxygen atoms in total. The van der Waals surface area contributed by atoms with E-state index in [0.717, 1.165) is 36.3 Å². The van der Waals surface area contributed by atoms with Crippen LogP contribution in [0.25, 0.3) is 0 Å². The molecule has 1 N–H and O–H groups in total. The average molecular weight is 289 g/mol. The van der Waals surface area contributed by atoms with Crippen LogP contribution in [0.5, 0.6) is 0 Å². The smallest absolute Gasteiger partial charge is 0.327 e. The number of carboxylic acid groups (broad SMARTS) is 1. The van der Waals surface area contributed by atoms with Crippen molar-refractivity contribution in [2.45, 2.75) is 25.3 Å². The van der Waals surface area contributed by atoms with Crippen molar-refractivity contribution in [1.82, 2.24) is 4.98 Å². The fourth-order valence-corrected chi connectivity index (χ4v) is 3.86. The Labute approximate surface area is 121 Å². The van der Waals surface area contributed by atoms with Gasteiger partial charge in [0.1, 0.15) is 17.9 Å². The van der Waals surface area contributed by atoms with Crippen molar-refractivity contribution in [1.29, 1.82) is 5.26 Å². The quantitative estimate of drug-likeness (QED) is 0.888. The molecule has 1 aliphatic carbocycles. The summed E-state index contributed by atoms with van der Waals surface area (Å²) < 4.78 is 0. The first kappa shape index (κ1) is 13.3. The highest BCUT2D eigenvalue weighted by atomic mass is 32.2. The van der Waals surface area contributed by atoms with Crippen LogP contribution >= 0.6 is 11.8 Å². The molecule has 1 saturated heterocycles. The van der Waals surface area contributed by atoms with Crippen molar-refractivity contribution < 1.29 is 9.90 Å². The third kappa shape index (κ3) is 2.22. The van der Waals surface area contributed by atoms with Crippen molar-refractivity contribution in [2.75, 3.05) is 23.0 Å². The molecule has 1 fully saturated rings. The summed E-state index contributed by atoms with van der Waals surface area (Å²) in [6.45, 7) is 0.627. The number of pyridine rings is 1. The van der Waals surface area contributed by atoms with E-state index in [4.69, 9.17) is 0 Å². The first-order chi connectivity index (χ1) is 9.70. The molecule has 0 radical (unpaired) electrons. The van der Waals surface area contributed by atoms with Crippen LogP contribution in [0.2, 0.25) is 0 Å². The lowest BCUT2D eigenvalue weighted by atomic mass is 10.1. The summed E-state index contributed by atoms with van der Waals surface area (Å²) in [5.74, 6) is 1.12. The lowest BCUT2D eigenvalue weighted by Gasteiger charge is -2.34. The number of nitriles is 1. The van der Waals surface area contributed by atoms with E-state index in [0.29, 0.717) is 23.7 Å². The molecule has 2 aliphatic rings. The van der Waals surface area contributed by atoms with Crippen molar-refractivity contribution in [3.63, 3.8) is 0 Å². The van der Waals surface area contributed by atoms with Gasteiger partial charge in [0.05, 0.1) is 5.56 Å². The summed E-state index contributed by atoms with van der Waals surface area (Å²) in [6, 6.07) is 3.48. The minimum Gasteiger partial charge on any atom is -0.480 e. The second kappa shape index (κ2) is 5.33. The number of fused-ring (bicyclic) bond motifs is 1. The van der Waals surface area contributed by atoms with Crippen LogP contribution in [0.4, 0.5) is 5.82 Å². The number of thioether (sulfide) groups is 1. The molecule has 1 aromatic rings. The molecular weight excluding hydrogens is 274 g/mol. The Morgan fingerprint density at radius 3 is 3.15 bits per heavy atom. The number of aliphatic carboxylic acids is 1. The van der Waals surface area contributed by atoms with Gasteiger partial charge >= 0.3 is 5.97 Å². The molecular formula is C14H15N3O2S. The predicted molar refractivity (Wildman–Crippen MR) is 77.1 cm³/mol. The maximum atomic E-state index is 11.4. The number of anilines is 1. The highest BCUT2D eigenvalue weighted by Gasteiger charge is 2.32. The van der Waals surface area contributed by atoms with Gasteiger partial charge in [-0.2, -0.15) is 17.0 Å². The molecule has 0 spiro atoms. The number of rotatable bonds is 2. The number of aromatic nitrogens is 1. The van der Waals surface area contributed by atoms with E-state index < -0.39 is 12.0 Å². The van der Waals surface area contributed by atoms with Crippen molar-refractivity contribution in [2.24, 2.45) is 0 Å². The SMILES string of the molecule is N#Cc1cc2c(nc1N1CCSCC1C(=O)O)CCC2. The summed E-state index contributed by atoms with van der Waals surface area (Å²) in [7, 11) is 0. The molecule has 1 aromatic heterocycles. The van der Waals surface area contributed by atoms with Crippen LogP contribution in [-0.2, 0) is 17.6 Å². The van der Waals surface area contributed by atoms with Gasteiger partial charge in [0, 0.05) is 23.7 Å². The number of carboxylic acids is 1. The van der Waals surface area contributed by atoms with Crippen LogP contribution in [-0.4, -0.2) is 40.2 Å². The molecule has 0 saturated carbocycles. The zero-order chi connectivity index (χ0) is 14.1. The lowest BCUT2D eigenvalue weighted by molar-refractivity contribution is -0.138. The number of nitrogens with zero attached hydrogens (tertiary/aromatic N) is 3. The van der Waals surface area contributed by atoms with E-state index in [-0.39, 0.29) is 0 Å². The van der Waals surface area contributed by atoms with E-state index in [1.165, 1.54) is 0 Å². The molecule has 0 bridgehead atoms. The molecule has 1 atom stereocenters. The maximum Gasteiger partial charge on any atom is 0.327 e. The topological polar surface area (TPSA) is 77.2 Å². The molecule has 1 unspecified atom stereocenters. The summed E-state index contributed by atoms with van der Waals surface area (Å²) in [5.41, 5.74) is 2.67. The second-order valence-corrected chi connectivity index (χ2v) is 6.20. The van der Waals surface area contributed by atoms with E-state index in [9.17, 15) is 15.2 Å². The Kier molecular flexibility index (Phi) is 3.53. The molecule has 20 heavy (non-hydrogen) atoms. The molecule has 0 amide bonds. The lowest BCUT2D eigenvalue weighted by Crippen LogP contribution is -2.48. The number of hydrogen-bond donors (Lipinski definition) is 1. The molecule has 6 heteroatoms. The van der Waals surface area contributed by atoms with Gasteiger partial charge in [-0.05, 0) is 30.9 Å². The Hall–Kier alpha value is -1.74. The molecule has 2 heterocycles. The predicted octanol–water partition coefficient (Wildman–Crippen LogP) is 1.45. The first-order valence-electron chi connectivity index (χ1n) is 6.71. The Morgan fingerprint density at radius 2 is 2.40 bits per heavy atom. The third-order valence-corrected chi connectivity index (χ3v) is 4.86. The molecule has 0 aromatic carbocycles. The number of aryl methyl sites for hydroxylation is 2. The van der Waals surface area contributed by atoms with Gasteiger partial charge in [0.25, 0.3) is 0 Å². The maximum absolute atomic E-state index is 11.4. The summed E-state index contributed by atoms with van der Waals surface area (Å²) in [5, 5.41) is 18.7. The third-order valence-electron chi connectivity index (χ3n) is 3.84. The second-order valence-electron chi connectivity index (χ2n) is 5.05. The van der Waals surface area contributed by atoms with Gasteiger partial charge in [-0.25, -0.2) is 9.78 Å². The number of carbonyl (C=O) groups is 1. The Morgan fingerprint density at radius 1 is 1.55 bits per heavy atom. The minimum atomic E-state index is -0.844. The van der Waals surface area contributed by atoms with Crippen molar-refractivity contribution >= 4 is 23.5 Å². The zero-order valence-corrected chi connectivity index (χ0v) is 11.8. The van der Waals surface area contributed by atoms with Gasteiger partial charge in [-0.1, -0.05) is 0 Å². The number of hydrogen-bond acceptors (Lipinski definition) is 5. The van der Waals surface area contributed by atoms with E-state index >= 15 is 0 Å². The van der Waals surface area contributed by atoms with E-state index in [1.807, 2.05) is 6.07 Å². The fraction of sp³-hybridized carbons (Fsp3) is 0.500. The Bertz CT molecular complexity index is 597. The monoisotopic (exact) mass is 289 g/mol. The highest BCUT2D eigenvalue weighted by Crippen LogP contribution is 2.30. The van der Waals surface area contributed by atoms with Crippen LogP contribution in [0.1, 0.15) is 23.2 Å². The summed E-state index contributed by atoms with van der Waals surface area (Å²) >= 11 is 1.64. The summed E-state index contributed by atoms with van der Waals surface area (Å²) in [6.07, 6.45) is 2.96. The van der Waals surface area contributed by atoms with Crippen LogP contribution in [0.3, 0.4) is 0 Å². The van der Waals surface area contributed by atoms with Crippen LogP contribution < -0.4 is 4.90 Å². The van der Waals surface area contributed by atoms with Gasteiger partial charge in [-0.15, -0.1) is 0 Å². The summed E-state index contributed by atoms with van der Waals surface area (Å²) in [4.78, 5) is 17.8. The normalized spacial score (nSPS) is 21.4. The molecule has 3 rings (SSSR count). The van der Waals surface area contributed by atoms with Crippen LogP contribution in [0.15, 0.2) is 6.07 Å². The fourth-order valence-electron chi connectivity index (χ4n) is 2.82. The van der Waals surface area contributed by atoms with Gasteiger partial charge in [-0.3, -0.25) is 0 Å². The minimum absolute atomic E-state index is 0.504. The van der Waals surface area contributed by atoms with Crippen LogP contribution in [0, 0.1) is 11.3 Å². The molecule has 1 aliphatic heterocycles. The Balaban J connectivity index is 2.04. The molecule has 104 valence electrons. The van der Waals surface area contributed by atoms with Crippen molar-refractivity contribution in [3.8, 4) is 6.07 Å². The van der Waals surface area contributed by atoms with Crippen molar-refractivity contribution in [3.05, 3.63) is 22.9 Å². The average Bonchev–Trinajstić information content (AvgIpc) is 2.93. The largest absolute Gasteiger partial charge is 0.480 e.